The van der Waals surface area contributed by atoms with E-state index >= 15 is 0 Å². The van der Waals surface area contributed by atoms with Crippen molar-refractivity contribution in [1.82, 2.24) is 0 Å². The largest absolute Gasteiger partial charge is 0.496 e. The van der Waals surface area contributed by atoms with Crippen LogP contribution in [0.3, 0.4) is 0 Å². The molecule has 0 aliphatic carbocycles. The van der Waals surface area contributed by atoms with Gasteiger partial charge in [-0.15, -0.1) is 0 Å². The summed E-state index contributed by atoms with van der Waals surface area (Å²) in [6.07, 6.45) is 0.365. The van der Waals surface area contributed by atoms with Crippen molar-refractivity contribution in [3.05, 3.63) is 77.6 Å². The van der Waals surface area contributed by atoms with Gasteiger partial charge < -0.3 is 14.8 Å². The topological polar surface area (TPSA) is 47.6 Å². The van der Waals surface area contributed by atoms with Crippen LogP contribution >= 0.6 is 0 Å². The highest BCUT2D eigenvalue weighted by Gasteiger charge is 2.20. The summed E-state index contributed by atoms with van der Waals surface area (Å²) in [6, 6.07) is 17.6. The number of carbonyl (C=O) groups is 1. The highest BCUT2D eigenvalue weighted by Crippen LogP contribution is 2.40. The van der Waals surface area contributed by atoms with E-state index in [4.69, 9.17) is 9.47 Å². The number of carbonyl (C=O) groups excluding carboxylic acids is 1. The van der Waals surface area contributed by atoms with E-state index in [-0.39, 0.29) is 11.7 Å². The quantitative estimate of drug-likeness (QED) is 0.722. The predicted octanol–water partition coefficient (Wildman–Crippen LogP) is 4.57. The summed E-state index contributed by atoms with van der Waals surface area (Å²) in [5.41, 5.74) is 4.40. The second-order valence-corrected chi connectivity index (χ2v) is 6.35. The van der Waals surface area contributed by atoms with Crippen LogP contribution in [-0.4, -0.2) is 13.0 Å². The number of benzene rings is 3. The minimum absolute atomic E-state index is 0.00467. The van der Waals surface area contributed by atoms with Crippen LogP contribution in [0.2, 0.25) is 0 Å². The van der Waals surface area contributed by atoms with Crippen LogP contribution in [-0.2, 0) is 17.8 Å². The van der Waals surface area contributed by atoms with Gasteiger partial charge >= 0.3 is 0 Å². The first-order valence-electron chi connectivity index (χ1n) is 8.61. The summed E-state index contributed by atoms with van der Waals surface area (Å²) in [4.78, 5) is 11.6. The molecule has 3 aromatic rings. The number of ether oxygens (including phenoxy) is 2. The molecule has 0 aromatic heterocycles. The molecule has 0 spiro atoms. The number of hydrogen-bond donors (Lipinski definition) is 1. The predicted molar refractivity (Wildman–Crippen MR) is 101 cm³/mol. The molecule has 27 heavy (non-hydrogen) atoms. The number of anilines is 1. The third-order valence-corrected chi connectivity index (χ3v) is 4.53. The maximum absolute atomic E-state index is 13.1. The van der Waals surface area contributed by atoms with Gasteiger partial charge in [0.2, 0.25) is 5.91 Å². The molecule has 0 atom stereocenters. The number of hydrogen-bond acceptors (Lipinski definition) is 3. The molecule has 4 rings (SSSR count). The number of amides is 1. The Bertz CT molecular complexity index is 999. The summed E-state index contributed by atoms with van der Waals surface area (Å²) < 4.78 is 24.6. The Balaban J connectivity index is 1.68. The first-order valence-corrected chi connectivity index (χ1v) is 8.61. The SMILES string of the molecule is COc1cccc(OCc2ccc(F)cc2)c1-c1ccc2c(c1)CC(=O)N2. The van der Waals surface area contributed by atoms with Crippen LogP contribution in [0.25, 0.3) is 11.1 Å². The van der Waals surface area contributed by atoms with Crippen molar-refractivity contribution >= 4 is 11.6 Å². The molecule has 0 bridgehead atoms. The molecule has 4 nitrogen and oxygen atoms in total. The molecular weight excluding hydrogens is 345 g/mol. The Morgan fingerprint density at radius 3 is 2.59 bits per heavy atom. The average molecular weight is 363 g/mol. The Labute approximate surface area is 156 Å². The molecule has 1 aliphatic heterocycles. The molecule has 0 unspecified atom stereocenters. The number of halogens is 1. The van der Waals surface area contributed by atoms with E-state index in [1.54, 1.807) is 19.2 Å². The normalized spacial score (nSPS) is 12.4. The zero-order chi connectivity index (χ0) is 18.8. The van der Waals surface area contributed by atoms with Crippen molar-refractivity contribution in [2.45, 2.75) is 13.0 Å². The van der Waals surface area contributed by atoms with E-state index < -0.39 is 0 Å². The van der Waals surface area contributed by atoms with Crippen LogP contribution in [0.4, 0.5) is 10.1 Å². The van der Waals surface area contributed by atoms with Crippen molar-refractivity contribution in [3.8, 4) is 22.6 Å². The van der Waals surface area contributed by atoms with E-state index in [1.807, 2.05) is 36.4 Å². The molecule has 3 aromatic carbocycles. The van der Waals surface area contributed by atoms with Crippen molar-refractivity contribution in [1.29, 1.82) is 0 Å². The lowest BCUT2D eigenvalue weighted by atomic mass is 10.00. The van der Waals surface area contributed by atoms with E-state index in [0.29, 0.717) is 24.5 Å². The minimum Gasteiger partial charge on any atom is -0.496 e. The highest BCUT2D eigenvalue weighted by molar-refractivity contribution is 6.00. The zero-order valence-electron chi connectivity index (χ0n) is 14.8. The summed E-state index contributed by atoms with van der Waals surface area (Å²) >= 11 is 0. The van der Waals surface area contributed by atoms with Gasteiger partial charge in [0.1, 0.15) is 23.9 Å². The Morgan fingerprint density at radius 2 is 1.81 bits per heavy atom. The van der Waals surface area contributed by atoms with Gasteiger partial charge in [-0.05, 0) is 53.1 Å². The first-order chi connectivity index (χ1) is 13.1. The third kappa shape index (κ3) is 3.49. The lowest BCUT2D eigenvalue weighted by Gasteiger charge is -2.16. The standard InChI is InChI=1S/C22H18FNO3/c1-26-19-3-2-4-20(27-13-14-5-8-17(23)9-6-14)22(19)15-7-10-18-16(11-15)12-21(25)24-18/h2-11H,12-13H2,1H3,(H,24,25). The molecular formula is C22H18FNO3. The van der Waals surface area contributed by atoms with Crippen molar-refractivity contribution in [2.75, 3.05) is 12.4 Å². The number of nitrogens with one attached hydrogen (secondary N) is 1. The molecule has 1 N–H and O–H groups in total. The van der Waals surface area contributed by atoms with Gasteiger partial charge in [0.25, 0.3) is 0 Å². The molecule has 1 heterocycles. The van der Waals surface area contributed by atoms with Gasteiger partial charge in [-0.25, -0.2) is 4.39 Å². The monoisotopic (exact) mass is 363 g/mol. The number of fused-ring (bicyclic) bond motifs is 1. The highest BCUT2D eigenvalue weighted by atomic mass is 19.1. The Morgan fingerprint density at radius 1 is 1.04 bits per heavy atom. The van der Waals surface area contributed by atoms with Gasteiger partial charge in [-0.1, -0.05) is 24.3 Å². The van der Waals surface area contributed by atoms with Gasteiger partial charge in [0, 0.05) is 5.69 Å². The van der Waals surface area contributed by atoms with Gasteiger partial charge in [-0.3, -0.25) is 4.79 Å². The second kappa shape index (κ2) is 7.11. The Kier molecular flexibility index (Phi) is 4.50. The summed E-state index contributed by atoms with van der Waals surface area (Å²) in [6.45, 7) is 0.311. The van der Waals surface area contributed by atoms with Gasteiger partial charge in [0.15, 0.2) is 0 Å². The van der Waals surface area contributed by atoms with Crippen LogP contribution < -0.4 is 14.8 Å². The number of rotatable bonds is 5. The Hall–Kier alpha value is -3.34. The lowest BCUT2D eigenvalue weighted by molar-refractivity contribution is -0.115. The fraction of sp³-hybridized carbons (Fsp3) is 0.136. The van der Waals surface area contributed by atoms with Gasteiger partial charge in [0.05, 0.1) is 19.1 Å². The fourth-order valence-electron chi connectivity index (χ4n) is 3.21. The average Bonchev–Trinajstić information content (AvgIpc) is 3.06. The van der Waals surface area contributed by atoms with Crippen molar-refractivity contribution < 1.29 is 18.7 Å². The smallest absolute Gasteiger partial charge is 0.228 e. The molecule has 0 saturated carbocycles. The first kappa shape index (κ1) is 17.1. The lowest BCUT2D eigenvalue weighted by Crippen LogP contribution is -2.03. The summed E-state index contributed by atoms with van der Waals surface area (Å²) in [7, 11) is 1.61. The molecule has 136 valence electrons. The number of methoxy groups -OCH3 is 1. The van der Waals surface area contributed by atoms with Crippen molar-refractivity contribution in [2.24, 2.45) is 0 Å². The molecule has 0 radical (unpaired) electrons. The van der Waals surface area contributed by atoms with E-state index in [2.05, 4.69) is 5.32 Å². The summed E-state index contributed by atoms with van der Waals surface area (Å²) in [5, 5.41) is 2.84. The maximum Gasteiger partial charge on any atom is 0.228 e. The molecule has 1 aliphatic rings. The van der Waals surface area contributed by atoms with E-state index in [9.17, 15) is 9.18 Å². The maximum atomic E-state index is 13.1. The van der Waals surface area contributed by atoms with Crippen LogP contribution in [0.5, 0.6) is 11.5 Å². The minimum atomic E-state index is -0.276. The molecule has 0 fully saturated rings. The van der Waals surface area contributed by atoms with Crippen molar-refractivity contribution in [3.63, 3.8) is 0 Å². The zero-order valence-corrected chi connectivity index (χ0v) is 14.8. The molecule has 5 heteroatoms. The van der Waals surface area contributed by atoms with E-state index in [0.717, 1.165) is 27.9 Å². The fourth-order valence-corrected chi connectivity index (χ4v) is 3.21. The van der Waals surface area contributed by atoms with Crippen LogP contribution in [0.1, 0.15) is 11.1 Å². The van der Waals surface area contributed by atoms with E-state index in [1.165, 1.54) is 12.1 Å². The van der Waals surface area contributed by atoms with Crippen LogP contribution in [0.15, 0.2) is 60.7 Å². The third-order valence-electron chi connectivity index (χ3n) is 4.53. The second-order valence-electron chi connectivity index (χ2n) is 6.35. The van der Waals surface area contributed by atoms with Gasteiger partial charge in [-0.2, -0.15) is 0 Å². The molecule has 1 amide bonds. The summed E-state index contributed by atoms with van der Waals surface area (Å²) in [5.74, 6) is 1.07. The van der Waals surface area contributed by atoms with Crippen LogP contribution in [0, 0.1) is 5.82 Å². The molecule has 0 saturated heterocycles.